The van der Waals surface area contributed by atoms with Crippen LogP contribution in [0.5, 0.6) is 0 Å². The fourth-order valence-electron chi connectivity index (χ4n) is 1.91. The van der Waals surface area contributed by atoms with Crippen molar-refractivity contribution < 1.29 is 0 Å². The van der Waals surface area contributed by atoms with Gasteiger partial charge < -0.3 is 5.73 Å². The largest absolute Gasteiger partial charge is 0.328 e. The molecule has 0 bridgehead atoms. The Morgan fingerprint density at radius 1 is 1.23 bits per heavy atom. The second-order valence-electron chi connectivity index (χ2n) is 3.93. The predicted octanol–water partition coefficient (Wildman–Crippen LogP) is 2.62. The first-order chi connectivity index (χ1) is 6.24. The van der Waals surface area contributed by atoms with E-state index >= 15 is 0 Å². The Morgan fingerprint density at radius 3 is 2.38 bits per heavy atom. The summed E-state index contributed by atoms with van der Waals surface area (Å²) in [5.41, 5.74) is 7.10. The van der Waals surface area contributed by atoms with Crippen molar-refractivity contribution in [1.82, 2.24) is 0 Å². The zero-order chi connectivity index (χ0) is 9.26. The highest BCUT2D eigenvalue weighted by molar-refractivity contribution is 6.30. The first kappa shape index (κ1) is 9.04. The third-order valence-corrected chi connectivity index (χ3v) is 2.96. The van der Waals surface area contributed by atoms with E-state index in [9.17, 15) is 0 Å². The summed E-state index contributed by atoms with van der Waals surface area (Å²) in [6.07, 6.45) is 3.52. The van der Waals surface area contributed by atoms with Gasteiger partial charge in [-0.3, -0.25) is 0 Å². The van der Waals surface area contributed by atoms with E-state index in [1.807, 2.05) is 12.1 Å². The second kappa shape index (κ2) is 3.69. The number of hydrogen-bond donors (Lipinski definition) is 1. The molecule has 0 amide bonds. The minimum absolute atomic E-state index is 0.456. The maximum atomic E-state index is 5.80. The molecule has 0 saturated heterocycles. The molecular weight excluding hydrogens is 182 g/mol. The Kier molecular flexibility index (Phi) is 2.56. The third kappa shape index (κ3) is 2.23. The molecule has 1 fully saturated rings. The summed E-state index contributed by atoms with van der Waals surface area (Å²) in [7, 11) is 0. The minimum atomic E-state index is 0.456. The van der Waals surface area contributed by atoms with Crippen LogP contribution in [0.2, 0.25) is 5.02 Å². The van der Waals surface area contributed by atoms with Gasteiger partial charge in [-0.05, 0) is 42.9 Å². The van der Waals surface area contributed by atoms with Crippen LogP contribution in [0.4, 0.5) is 0 Å². The molecule has 0 unspecified atom stereocenters. The van der Waals surface area contributed by atoms with Crippen LogP contribution in [0.3, 0.4) is 0 Å². The number of rotatable bonds is 2. The third-order valence-electron chi connectivity index (χ3n) is 2.71. The SMILES string of the molecule is NC1CC(Cc2ccc(Cl)cc2)C1. The van der Waals surface area contributed by atoms with Crippen LogP contribution in [0.15, 0.2) is 24.3 Å². The highest BCUT2D eigenvalue weighted by Crippen LogP contribution is 2.29. The zero-order valence-electron chi connectivity index (χ0n) is 7.54. The summed E-state index contributed by atoms with van der Waals surface area (Å²) in [4.78, 5) is 0. The van der Waals surface area contributed by atoms with Gasteiger partial charge in [0.15, 0.2) is 0 Å². The van der Waals surface area contributed by atoms with Crippen molar-refractivity contribution in [3.63, 3.8) is 0 Å². The molecule has 0 aromatic heterocycles. The smallest absolute Gasteiger partial charge is 0.0406 e. The van der Waals surface area contributed by atoms with Gasteiger partial charge in [-0.15, -0.1) is 0 Å². The summed E-state index contributed by atoms with van der Waals surface area (Å²) in [6, 6.07) is 8.57. The van der Waals surface area contributed by atoms with Crippen molar-refractivity contribution in [2.75, 3.05) is 0 Å². The van der Waals surface area contributed by atoms with Crippen molar-refractivity contribution >= 4 is 11.6 Å². The molecule has 0 radical (unpaired) electrons. The van der Waals surface area contributed by atoms with E-state index in [0.29, 0.717) is 6.04 Å². The van der Waals surface area contributed by atoms with Crippen LogP contribution < -0.4 is 5.73 Å². The van der Waals surface area contributed by atoms with Crippen molar-refractivity contribution in [2.45, 2.75) is 25.3 Å². The molecule has 2 heteroatoms. The van der Waals surface area contributed by atoms with Gasteiger partial charge in [-0.2, -0.15) is 0 Å². The Morgan fingerprint density at radius 2 is 1.85 bits per heavy atom. The van der Waals surface area contributed by atoms with E-state index in [-0.39, 0.29) is 0 Å². The summed E-state index contributed by atoms with van der Waals surface area (Å²) in [6.45, 7) is 0. The Labute approximate surface area is 83.9 Å². The lowest BCUT2D eigenvalue weighted by Crippen LogP contribution is -2.37. The van der Waals surface area contributed by atoms with Crippen molar-refractivity contribution in [1.29, 1.82) is 0 Å². The molecule has 0 spiro atoms. The van der Waals surface area contributed by atoms with Crippen LogP contribution in [-0.4, -0.2) is 6.04 Å². The lowest BCUT2D eigenvalue weighted by molar-refractivity contribution is 0.264. The summed E-state index contributed by atoms with van der Waals surface area (Å²) in [5, 5.41) is 0.814. The van der Waals surface area contributed by atoms with Crippen LogP contribution in [-0.2, 0) is 6.42 Å². The number of hydrogen-bond acceptors (Lipinski definition) is 1. The van der Waals surface area contributed by atoms with Crippen LogP contribution >= 0.6 is 11.6 Å². The van der Waals surface area contributed by atoms with Gasteiger partial charge in [-0.25, -0.2) is 0 Å². The molecule has 0 atom stereocenters. The van der Waals surface area contributed by atoms with Crippen LogP contribution in [0, 0.1) is 5.92 Å². The topological polar surface area (TPSA) is 26.0 Å². The van der Waals surface area contributed by atoms with E-state index < -0.39 is 0 Å². The van der Waals surface area contributed by atoms with E-state index in [2.05, 4.69) is 12.1 Å². The maximum absolute atomic E-state index is 5.80. The van der Waals surface area contributed by atoms with E-state index in [4.69, 9.17) is 17.3 Å². The minimum Gasteiger partial charge on any atom is -0.328 e. The second-order valence-corrected chi connectivity index (χ2v) is 4.36. The zero-order valence-corrected chi connectivity index (χ0v) is 8.30. The molecule has 1 aromatic carbocycles. The van der Waals surface area contributed by atoms with Gasteiger partial charge in [0.05, 0.1) is 0 Å². The van der Waals surface area contributed by atoms with Crippen molar-refractivity contribution in [3.8, 4) is 0 Å². The standard InChI is InChI=1S/C11H14ClN/c12-10-3-1-8(2-4-10)5-9-6-11(13)7-9/h1-4,9,11H,5-7,13H2. The normalized spacial score (nSPS) is 26.9. The maximum Gasteiger partial charge on any atom is 0.0406 e. The Hall–Kier alpha value is -0.530. The average Bonchev–Trinajstić information content (AvgIpc) is 2.06. The van der Waals surface area contributed by atoms with Crippen molar-refractivity contribution in [2.24, 2.45) is 11.7 Å². The molecule has 70 valence electrons. The quantitative estimate of drug-likeness (QED) is 0.772. The fraction of sp³-hybridized carbons (Fsp3) is 0.455. The molecule has 2 N–H and O–H groups in total. The Bertz CT molecular complexity index is 275. The molecule has 0 aliphatic heterocycles. The molecule has 2 rings (SSSR count). The first-order valence-corrected chi connectivity index (χ1v) is 5.12. The highest BCUT2D eigenvalue weighted by Gasteiger charge is 2.25. The van der Waals surface area contributed by atoms with Gasteiger partial charge in [0.2, 0.25) is 0 Å². The average molecular weight is 196 g/mol. The predicted molar refractivity (Wildman–Crippen MR) is 55.9 cm³/mol. The lowest BCUT2D eigenvalue weighted by Gasteiger charge is -2.32. The van der Waals surface area contributed by atoms with E-state index in [1.54, 1.807) is 0 Å². The molecule has 1 aliphatic rings. The lowest BCUT2D eigenvalue weighted by atomic mass is 9.77. The Balaban J connectivity index is 1.91. The molecule has 13 heavy (non-hydrogen) atoms. The fourth-order valence-corrected chi connectivity index (χ4v) is 2.03. The summed E-state index contributed by atoms with van der Waals surface area (Å²) >= 11 is 5.80. The monoisotopic (exact) mass is 195 g/mol. The van der Waals surface area contributed by atoms with Gasteiger partial charge >= 0.3 is 0 Å². The summed E-state index contributed by atoms with van der Waals surface area (Å²) in [5.74, 6) is 0.802. The molecule has 1 aromatic rings. The number of benzene rings is 1. The first-order valence-electron chi connectivity index (χ1n) is 4.74. The van der Waals surface area contributed by atoms with Gasteiger partial charge in [-0.1, -0.05) is 23.7 Å². The van der Waals surface area contributed by atoms with Crippen molar-refractivity contribution in [3.05, 3.63) is 34.9 Å². The molecule has 1 saturated carbocycles. The molecule has 1 nitrogen and oxygen atoms in total. The van der Waals surface area contributed by atoms with Crippen LogP contribution in [0.1, 0.15) is 18.4 Å². The molecule has 0 heterocycles. The number of nitrogens with two attached hydrogens (primary N) is 1. The molecule has 1 aliphatic carbocycles. The highest BCUT2D eigenvalue weighted by atomic mass is 35.5. The van der Waals surface area contributed by atoms with Gasteiger partial charge in [0.25, 0.3) is 0 Å². The summed E-state index contributed by atoms with van der Waals surface area (Å²) < 4.78 is 0. The van der Waals surface area contributed by atoms with E-state index in [1.165, 1.54) is 18.4 Å². The van der Waals surface area contributed by atoms with Gasteiger partial charge in [0, 0.05) is 11.1 Å². The number of halogens is 1. The van der Waals surface area contributed by atoms with Gasteiger partial charge in [0.1, 0.15) is 0 Å². The van der Waals surface area contributed by atoms with Crippen LogP contribution in [0.25, 0.3) is 0 Å². The van der Waals surface area contributed by atoms with E-state index in [0.717, 1.165) is 17.4 Å². The molecular formula is C11H14ClN.